The summed E-state index contributed by atoms with van der Waals surface area (Å²) in [5.74, 6) is 2.58. The van der Waals surface area contributed by atoms with Crippen LogP contribution in [0.25, 0.3) is 0 Å². The highest BCUT2D eigenvalue weighted by Crippen LogP contribution is 2.51. The van der Waals surface area contributed by atoms with Crippen molar-refractivity contribution in [1.82, 2.24) is 0 Å². The summed E-state index contributed by atoms with van der Waals surface area (Å²) in [4.78, 5) is 0. The van der Waals surface area contributed by atoms with Crippen LogP contribution in [0.4, 0.5) is 0 Å². The van der Waals surface area contributed by atoms with E-state index in [1.165, 1.54) is 25.7 Å². The molecule has 2 saturated carbocycles. The zero-order chi connectivity index (χ0) is 13.2. The lowest BCUT2D eigenvalue weighted by molar-refractivity contribution is 0.120. The van der Waals surface area contributed by atoms with Gasteiger partial charge in [-0.25, -0.2) is 0 Å². The quantitative estimate of drug-likeness (QED) is 0.875. The lowest BCUT2D eigenvalue weighted by atomic mass is 9.83. The Morgan fingerprint density at radius 3 is 2.79 bits per heavy atom. The summed E-state index contributed by atoms with van der Waals surface area (Å²) in [6, 6.07) is 8.13. The average Bonchev–Trinajstić information content (AvgIpc) is 3.02. The van der Waals surface area contributed by atoms with E-state index in [0.717, 1.165) is 35.3 Å². The van der Waals surface area contributed by atoms with E-state index < -0.39 is 0 Å². The minimum atomic E-state index is -0.323. The Bertz CT molecular complexity index is 429. The smallest absolute Gasteiger partial charge is 0.0796 e. The molecule has 0 spiro atoms. The Labute approximate surface area is 115 Å². The van der Waals surface area contributed by atoms with Crippen LogP contribution < -0.4 is 0 Å². The average molecular weight is 260 g/mol. The molecule has 104 valence electrons. The molecule has 0 amide bonds. The highest BCUT2D eigenvalue weighted by molar-refractivity contribution is 5.28. The predicted octanol–water partition coefficient (Wildman–Crippen LogP) is 3.69. The van der Waals surface area contributed by atoms with Crippen LogP contribution in [0.3, 0.4) is 0 Å². The van der Waals surface area contributed by atoms with E-state index in [0.29, 0.717) is 6.61 Å². The van der Waals surface area contributed by atoms with E-state index >= 15 is 0 Å². The third-order valence-electron chi connectivity index (χ3n) is 5.12. The minimum absolute atomic E-state index is 0.323. The summed E-state index contributed by atoms with van der Waals surface area (Å²) in [6.45, 7) is 0.587. The van der Waals surface area contributed by atoms with Gasteiger partial charge in [-0.05, 0) is 54.6 Å². The largest absolute Gasteiger partial charge is 0.388 e. The Morgan fingerprint density at radius 1 is 1.26 bits per heavy atom. The first-order valence-corrected chi connectivity index (χ1v) is 7.52. The number of aliphatic hydroxyl groups excluding tert-OH is 1. The standard InChI is InChI=1S/C17H24O2/c1-19-11-14-4-2-3-5-16(14)17(18)10-15-9-12-6-7-13(15)8-12/h2-5,12-13,15,17-18H,6-11H2,1H3. The van der Waals surface area contributed by atoms with Crippen LogP contribution in [0.2, 0.25) is 0 Å². The second kappa shape index (κ2) is 5.64. The molecule has 0 aliphatic heterocycles. The van der Waals surface area contributed by atoms with Crippen LogP contribution in [0.15, 0.2) is 24.3 Å². The third-order valence-corrected chi connectivity index (χ3v) is 5.12. The van der Waals surface area contributed by atoms with Gasteiger partial charge < -0.3 is 9.84 Å². The number of rotatable bonds is 5. The molecule has 2 bridgehead atoms. The maximum atomic E-state index is 10.6. The maximum absolute atomic E-state index is 10.6. The van der Waals surface area contributed by atoms with Crippen molar-refractivity contribution in [3.05, 3.63) is 35.4 Å². The molecule has 1 aromatic rings. The monoisotopic (exact) mass is 260 g/mol. The normalized spacial score (nSPS) is 30.7. The molecule has 2 aliphatic rings. The summed E-state index contributed by atoms with van der Waals surface area (Å²) < 4.78 is 5.23. The van der Waals surface area contributed by atoms with Gasteiger partial charge in [0.15, 0.2) is 0 Å². The highest BCUT2D eigenvalue weighted by atomic mass is 16.5. The first-order valence-electron chi connectivity index (χ1n) is 7.52. The highest BCUT2D eigenvalue weighted by Gasteiger charge is 2.40. The van der Waals surface area contributed by atoms with Gasteiger partial charge in [-0.1, -0.05) is 30.7 Å². The van der Waals surface area contributed by atoms with Crippen molar-refractivity contribution in [3.8, 4) is 0 Å². The van der Waals surface area contributed by atoms with Crippen molar-refractivity contribution in [2.75, 3.05) is 7.11 Å². The molecule has 0 aromatic heterocycles. The summed E-state index contributed by atoms with van der Waals surface area (Å²) in [6.07, 6.45) is 6.18. The van der Waals surface area contributed by atoms with Crippen LogP contribution in [0, 0.1) is 17.8 Å². The zero-order valence-electron chi connectivity index (χ0n) is 11.7. The van der Waals surface area contributed by atoms with E-state index in [4.69, 9.17) is 4.74 Å². The van der Waals surface area contributed by atoms with Gasteiger partial charge in [-0.15, -0.1) is 0 Å². The fraction of sp³-hybridized carbons (Fsp3) is 0.647. The Balaban J connectivity index is 1.68. The van der Waals surface area contributed by atoms with Gasteiger partial charge >= 0.3 is 0 Å². The van der Waals surface area contributed by atoms with Gasteiger partial charge in [0.05, 0.1) is 12.7 Å². The fourth-order valence-electron chi connectivity index (χ4n) is 4.23. The van der Waals surface area contributed by atoms with Crippen molar-refractivity contribution in [2.45, 2.75) is 44.8 Å². The van der Waals surface area contributed by atoms with Crippen molar-refractivity contribution in [2.24, 2.45) is 17.8 Å². The lowest BCUT2D eigenvalue weighted by Crippen LogP contribution is -2.15. The first kappa shape index (κ1) is 13.1. The summed E-state index contributed by atoms with van der Waals surface area (Å²) in [7, 11) is 1.71. The van der Waals surface area contributed by atoms with Gasteiger partial charge in [-0.3, -0.25) is 0 Å². The summed E-state index contributed by atoms with van der Waals surface area (Å²) in [5.41, 5.74) is 2.19. The molecular formula is C17H24O2. The number of ether oxygens (including phenoxy) is 1. The molecular weight excluding hydrogens is 236 g/mol. The van der Waals surface area contributed by atoms with Gasteiger partial charge in [0, 0.05) is 7.11 Å². The topological polar surface area (TPSA) is 29.5 Å². The molecule has 4 atom stereocenters. The zero-order valence-corrected chi connectivity index (χ0v) is 11.7. The third kappa shape index (κ3) is 2.70. The van der Waals surface area contributed by atoms with Crippen molar-refractivity contribution in [3.63, 3.8) is 0 Å². The number of methoxy groups -OCH3 is 1. The number of hydrogen-bond donors (Lipinski definition) is 1. The van der Waals surface area contributed by atoms with Crippen molar-refractivity contribution >= 4 is 0 Å². The van der Waals surface area contributed by atoms with Crippen LogP contribution in [0.5, 0.6) is 0 Å². The summed E-state index contributed by atoms with van der Waals surface area (Å²) in [5, 5.41) is 10.6. The molecule has 4 unspecified atom stereocenters. The molecule has 0 radical (unpaired) electrons. The predicted molar refractivity (Wildman–Crippen MR) is 75.7 cm³/mol. The van der Waals surface area contributed by atoms with Crippen LogP contribution >= 0.6 is 0 Å². The van der Waals surface area contributed by atoms with Crippen molar-refractivity contribution < 1.29 is 9.84 Å². The van der Waals surface area contributed by atoms with Gasteiger partial charge in [-0.2, -0.15) is 0 Å². The van der Waals surface area contributed by atoms with E-state index in [2.05, 4.69) is 6.07 Å². The van der Waals surface area contributed by atoms with Crippen LogP contribution in [-0.2, 0) is 11.3 Å². The Morgan fingerprint density at radius 2 is 2.11 bits per heavy atom. The number of fused-ring (bicyclic) bond motifs is 2. The molecule has 2 heteroatoms. The minimum Gasteiger partial charge on any atom is -0.388 e. The molecule has 0 saturated heterocycles. The van der Waals surface area contributed by atoms with E-state index in [-0.39, 0.29) is 6.10 Å². The molecule has 1 N–H and O–H groups in total. The second-order valence-corrected chi connectivity index (χ2v) is 6.32. The SMILES string of the molecule is COCc1ccccc1C(O)CC1CC2CCC1C2. The molecule has 3 rings (SSSR count). The fourth-order valence-corrected chi connectivity index (χ4v) is 4.23. The summed E-state index contributed by atoms with van der Waals surface area (Å²) >= 11 is 0. The van der Waals surface area contributed by atoms with Gasteiger partial charge in [0.1, 0.15) is 0 Å². The second-order valence-electron chi connectivity index (χ2n) is 6.32. The van der Waals surface area contributed by atoms with Crippen molar-refractivity contribution in [1.29, 1.82) is 0 Å². The van der Waals surface area contributed by atoms with E-state index in [1.54, 1.807) is 7.11 Å². The molecule has 1 aromatic carbocycles. The number of aliphatic hydroxyl groups is 1. The molecule has 19 heavy (non-hydrogen) atoms. The van der Waals surface area contributed by atoms with Gasteiger partial charge in [0.2, 0.25) is 0 Å². The first-order chi connectivity index (χ1) is 9.28. The molecule has 2 aliphatic carbocycles. The number of benzene rings is 1. The molecule has 0 heterocycles. The number of hydrogen-bond acceptors (Lipinski definition) is 2. The van der Waals surface area contributed by atoms with E-state index in [9.17, 15) is 5.11 Å². The molecule has 2 fully saturated rings. The Kier molecular flexibility index (Phi) is 3.90. The van der Waals surface area contributed by atoms with Crippen LogP contribution in [-0.4, -0.2) is 12.2 Å². The van der Waals surface area contributed by atoms with Gasteiger partial charge in [0.25, 0.3) is 0 Å². The maximum Gasteiger partial charge on any atom is 0.0796 e. The van der Waals surface area contributed by atoms with Crippen LogP contribution in [0.1, 0.15) is 49.3 Å². The lowest BCUT2D eigenvalue weighted by Gasteiger charge is -2.25. The molecule has 2 nitrogen and oxygen atoms in total. The Hall–Kier alpha value is -0.860. The van der Waals surface area contributed by atoms with E-state index in [1.807, 2.05) is 18.2 Å².